The third kappa shape index (κ3) is 42.8. The van der Waals surface area contributed by atoms with Gasteiger partial charge in [0.1, 0.15) is 15.6 Å². The summed E-state index contributed by atoms with van der Waals surface area (Å²) in [5.41, 5.74) is 0. The van der Waals surface area contributed by atoms with E-state index in [1.54, 1.807) is 0 Å². The molecule has 0 aliphatic rings. The standard InChI is InChI=1S/C6H15N.C5H16N2Si.C3H9ClSi/c1-4-7(5-2)6-3;1-7(2)6-8(3,4)5;1-5(2,3)4/h4-6H2,1-3H3;6H,1-5H3;1-3H3. The second-order valence-corrected chi connectivity index (χ2v) is 19.2. The quantitative estimate of drug-likeness (QED) is 0.457. The number of halogens is 1. The van der Waals surface area contributed by atoms with E-state index in [0.29, 0.717) is 0 Å². The molecule has 20 heavy (non-hydrogen) atoms. The van der Waals surface area contributed by atoms with Crippen LogP contribution in [-0.2, 0) is 0 Å². The maximum absolute atomic E-state index is 5.67. The van der Waals surface area contributed by atoms with Crippen molar-refractivity contribution in [2.75, 3.05) is 33.7 Å². The van der Waals surface area contributed by atoms with Crippen LogP contribution in [0.1, 0.15) is 20.8 Å². The van der Waals surface area contributed by atoms with Crippen molar-refractivity contribution in [3.8, 4) is 0 Å². The van der Waals surface area contributed by atoms with E-state index >= 15 is 0 Å². The summed E-state index contributed by atoms with van der Waals surface area (Å²) in [6, 6.07) is 0. The number of hydrogen-bond donors (Lipinski definition) is 1. The highest BCUT2D eigenvalue weighted by Crippen LogP contribution is 2.03. The fraction of sp³-hybridized carbons (Fsp3) is 1.00. The highest BCUT2D eigenvalue weighted by molar-refractivity contribution is 7.18. The zero-order valence-electron chi connectivity index (χ0n) is 15.9. The van der Waals surface area contributed by atoms with Crippen LogP contribution in [0.4, 0.5) is 0 Å². The van der Waals surface area contributed by atoms with Crippen LogP contribution in [0.3, 0.4) is 0 Å². The molecule has 0 amide bonds. The van der Waals surface area contributed by atoms with Gasteiger partial charge in [0.25, 0.3) is 0 Å². The molecule has 3 nitrogen and oxygen atoms in total. The van der Waals surface area contributed by atoms with Crippen LogP contribution in [0.2, 0.25) is 39.3 Å². The van der Waals surface area contributed by atoms with Gasteiger partial charge in [-0.2, -0.15) is 11.1 Å². The molecular formula is C14H40ClN3Si2. The average molecular weight is 342 g/mol. The highest BCUT2D eigenvalue weighted by Gasteiger charge is 2.11. The van der Waals surface area contributed by atoms with Crippen LogP contribution in [0.25, 0.3) is 0 Å². The van der Waals surface area contributed by atoms with Crippen molar-refractivity contribution in [1.29, 1.82) is 0 Å². The Labute approximate surface area is 135 Å². The maximum Gasteiger partial charge on any atom is 0.147 e. The molecule has 0 radical (unpaired) electrons. The highest BCUT2D eigenvalue weighted by atomic mass is 35.6. The first-order valence-electron chi connectivity index (χ1n) is 7.63. The summed E-state index contributed by atoms with van der Waals surface area (Å²) in [6.45, 7) is 23.2. The minimum absolute atomic E-state index is 1.04. The van der Waals surface area contributed by atoms with Crippen LogP contribution >= 0.6 is 11.1 Å². The molecule has 0 rings (SSSR count). The fourth-order valence-electron chi connectivity index (χ4n) is 1.34. The van der Waals surface area contributed by atoms with Gasteiger partial charge in [-0.15, -0.1) is 0 Å². The zero-order chi connectivity index (χ0) is 17.0. The number of rotatable bonds is 5. The Morgan fingerprint density at radius 2 is 1.05 bits per heavy atom. The number of hydrogen-bond acceptors (Lipinski definition) is 3. The third-order valence-corrected chi connectivity index (χ3v) is 3.02. The van der Waals surface area contributed by atoms with Crippen molar-refractivity contribution in [2.45, 2.75) is 60.1 Å². The van der Waals surface area contributed by atoms with Crippen molar-refractivity contribution >= 4 is 26.7 Å². The summed E-state index contributed by atoms with van der Waals surface area (Å²) >= 11 is 5.67. The van der Waals surface area contributed by atoms with E-state index in [2.05, 4.69) is 70.0 Å². The minimum atomic E-state index is -1.14. The topological polar surface area (TPSA) is 18.5 Å². The molecule has 0 unspecified atom stereocenters. The molecule has 0 saturated heterocycles. The predicted octanol–water partition coefficient (Wildman–Crippen LogP) is 4.30. The van der Waals surface area contributed by atoms with Gasteiger partial charge in [-0.05, 0) is 19.6 Å². The van der Waals surface area contributed by atoms with E-state index in [-0.39, 0.29) is 0 Å². The minimum Gasteiger partial charge on any atom is -0.304 e. The lowest BCUT2D eigenvalue weighted by Gasteiger charge is -2.23. The SMILES string of the molecule is CCN(CC)CC.CN(C)N[Si](C)(C)C.C[Si](C)(C)Cl. The Balaban J connectivity index is -0.000000223. The number of nitrogens with one attached hydrogen (secondary N) is 1. The summed E-state index contributed by atoms with van der Waals surface area (Å²) < 4.78 is 0. The number of hydrazine groups is 1. The summed E-state index contributed by atoms with van der Waals surface area (Å²) in [5, 5.41) is 5.37. The molecule has 0 aromatic carbocycles. The number of nitrogens with zero attached hydrogens (tertiary/aromatic N) is 2. The molecule has 0 aromatic rings. The lowest BCUT2D eigenvalue weighted by Crippen LogP contribution is -2.49. The van der Waals surface area contributed by atoms with Crippen molar-refractivity contribution in [3.63, 3.8) is 0 Å². The van der Waals surface area contributed by atoms with Gasteiger partial charge in [-0.3, -0.25) is 10.1 Å². The molecule has 0 fully saturated rings. The van der Waals surface area contributed by atoms with Gasteiger partial charge in [-0.25, -0.2) is 0 Å². The van der Waals surface area contributed by atoms with Crippen molar-refractivity contribution in [1.82, 2.24) is 15.0 Å². The second kappa shape index (κ2) is 13.3. The Bertz CT molecular complexity index is 186. The molecule has 6 heteroatoms. The van der Waals surface area contributed by atoms with Crippen LogP contribution in [0.5, 0.6) is 0 Å². The first kappa shape index (κ1) is 25.6. The van der Waals surface area contributed by atoms with Gasteiger partial charge in [-0.1, -0.05) is 60.1 Å². The second-order valence-electron chi connectivity index (χ2n) is 6.94. The zero-order valence-corrected chi connectivity index (χ0v) is 18.6. The van der Waals surface area contributed by atoms with Crippen LogP contribution in [0.15, 0.2) is 0 Å². The lowest BCUT2D eigenvalue weighted by atomic mass is 10.5. The van der Waals surface area contributed by atoms with E-state index in [4.69, 9.17) is 11.1 Å². The molecular weight excluding hydrogens is 302 g/mol. The summed E-state index contributed by atoms with van der Waals surface area (Å²) in [4.78, 5) is 2.38. The fourth-order valence-corrected chi connectivity index (χ4v) is 2.68. The first-order chi connectivity index (χ1) is 8.76. The monoisotopic (exact) mass is 341 g/mol. The normalized spacial score (nSPS) is 11.7. The molecule has 1 N–H and O–H groups in total. The van der Waals surface area contributed by atoms with Gasteiger partial charge in [0, 0.05) is 14.1 Å². The summed E-state index contributed by atoms with van der Waals surface area (Å²) in [6.07, 6.45) is 0. The smallest absolute Gasteiger partial charge is 0.147 e. The Morgan fingerprint density at radius 3 is 1.05 bits per heavy atom. The average Bonchev–Trinajstić information content (AvgIpc) is 2.14. The molecule has 0 heterocycles. The van der Waals surface area contributed by atoms with Gasteiger partial charge in [0.2, 0.25) is 0 Å². The van der Waals surface area contributed by atoms with E-state index in [9.17, 15) is 0 Å². The van der Waals surface area contributed by atoms with E-state index < -0.39 is 15.6 Å². The van der Waals surface area contributed by atoms with Crippen molar-refractivity contribution < 1.29 is 0 Å². The van der Waals surface area contributed by atoms with E-state index in [1.165, 1.54) is 19.6 Å². The van der Waals surface area contributed by atoms with Crippen molar-refractivity contribution in [3.05, 3.63) is 0 Å². The van der Waals surface area contributed by atoms with Gasteiger partial charge in [0.15, 0.2) is 0 Å². The third-order valence-electron chi connectivity index (χ3n) is 1.90. The summed E-state index contributed by atoms with van der Waals surface area (Å²) in [7, 11) is 1.87. The van der Waals surface area contributed by atoms with E-state index in [0.717, 1.165) is 0 Å². The molecule has 0 aromatic heterocycles. The molecule has 0 spiro atoms. The molecule has 0 bridgehead atoms. The maximum atomic E-state index is 5.67. The van der Waals surface area contributed by atoms with Crippen LogP contribution in [0, 0.1) is 0 Å². The molecule has 0 saturated carbocycles. The molecule has 126 valence electrons. The van der Waals surface area contributed by atoms with Crippen LogP contribution < -0.4 is 5.09 Å². The van der Waals surface area contributed by atoms with Gasteiger partial charge >= 0.3 is 0 Å². The largest absolute Gasteiger partial charge is 0.304 e. The van der Waals surface area contributed by atoms with Gasteiger partial charge < -0.3 is 4.90 Å². The molecule has 0 atom stereocenters. The Hall–Kier alpha value is 0.604. The predicted molar refractivity (Wildman–Crippen MR) is 103 cm³/mol. The van der Waals surface area contributed by atoms with E-state index in [1.807, 2.05) is 19.1 Å². The molecule has 0 aliphatic carbocycles. The Kier molecular flexibility index (Phi) is 17.0. The Morgan fingerprint density at radius 1 is 0.800 bits per heavy atom. The lowest BCUT2D eigenvalue weighted by molar-refractivity contribution is 0.321. The van der Waals surface area contributed by atoms with Gasteiger partial charge in [0.05, 0.1) is 0 Å². The summed E-state index contributed by atoms with van der Waals surface area (Å²) in [5.74, 6) is 0. The van der Waals surface area contributed by atoms with Crippen molar-refractivity contribution in [2.24, 2.45) is 0 Å². The van der Waals surface area contributed by atoms with Crippen LogP contribution in [-0.4, -0.2) is 59.3 Å². The molecule has 0 aliphatic heterocycles. The first-order valence-corrected chi connectivity index (χ1v) is 15.6.